The van der Waals surface area contributed by atoms with Crippen molar-refractivity contribution in [2.24, 2.45) is 11.8 Å². The molecule has 0 spiro atoms. The third-order valence-corrected chi connectivity index (χ3v) is 3.18. The summed E-state index contributed by atoms with van der Waals surface area (Å²) in [4.78, 5) is 0. The maximum atomic E-state index is 13.0. The summed E-state index contributed by atoms with van der Waals surface area (Å²) in [6.45, 7) is 8.23. The SMILES string of the molecule is C=C(C)C1C(C)C1c1cccc(F)c1. The van der Waals surface area contributed by atoms with E-state index in [1.165, 1.54) is 11.6 Å². The van der Waals surface area contributed by atoms with Crippen LogP contribution in [-0.4, -0.2) is 0 Å². The molecule has 1 aromatic rings. The van der Waals surface area contributed by atoms with Gasteiger partial charge in [-0.15, -0.1) is 0 Å². The van der Waals surface area contributed by atoms with Gasteiger partial charge in [0, 0.05) is 0 Å². The maximum Gasteiger partial charge on any atom is 0.123 e. The Hall–Kier alpha value is -1.11. The van der Waals surface area contributed by atoms with Crippen molar-refractivity contribution in [2.75, 3.05) is 0 Å². The summed E-state index contributed by atoms with van der Waals surface area (Å²) in [5.41, 5.74) is 2.33. The summed E-state index contributed by atoms with van der Waals surface area (Å²) in [7, 11) is 0. The molecule has 1 aliphatic rings. The van der Waals surface area contributed by atoms with Gasteiger partial charge in [-0.2, -0.15) is 0 Å². The van der Waals surface area contributed by atoms with Crippen LogP contribution in [0.25, 0.3) is 0 Å². The summed E-state index contributed by atoms with van der Waals surface area (Å²) in [5.74, 6) is 1.52. The van der Waals surface area contributed by atoms with E-state index in [-0.39, 0.29) is 5.82 Å². The third kappa shape index (κ3) is 1.47. The molecule has 0 aliphatic heterocycles. The van der Waals surface area contributed by atoms with Crippen LogP contribution in [0.2, 0.25) is 0 Å². The average Bonchev–Trinajstić information content (AvgIpc) is 2.77. The predicted octanol–water partition coefficient (Wildman–Crippen LogP) is 3.75. The molecule has 0 nitrogen and oxygen atoms in total. The van der Waals surface area contributed by atoms with Crippen LogP contribution >= 0.6 is 0 Å². The van der Waals surface area contributed by atoms with Crippen molar-refractivity contribution in [1.82, 2.24) is 0 Å². The van der Waals surface area contributed by atoms with E-state index in [1.54, 1.807) is 12.1 Å². The molecule has 74 valence electrons. The number of hydrogen-bond donors (Lipinski definition) is 0. The van der Waals surface area contributed by atoms with Gasteiger partial charge in [0.05, 0.1) is 0 Å². The van der Waals surface area contributed by atoms with Crippen LogP contribution < -0.4 is 0 Å². The van der Waals surface area contributed by atoms with E-state index >= 15 is 0 Å². The van der Waals surface area contributed by atoms with Crippen molar-refractivity contribution in [3.8, 4) is 0 Å². The van der Waals surface area contributed by atoms with Crippen LogP contribution in [0, 0.1) is 17.7 Å². The molecule has 0 bridgehead atoms. The molecule has 0 saturated heterocycles. The van der Waals surface area contributed by atoms with Crippen LogP contribution in [0.3, 0.4) is 0 Å². The highest BCUT2D eigenvalue weighted by Crippen LogP contribution is 2.56. The number of rotatable bonds is 2. The fourth-order valence-corrected chi connectivity index (χ4v) is 2.44. The van der Waals surface area contributed by atoms with E-state index in [9.17, 15) is 4.39 Å². The predicted molar refractivity (Wildman–Crippen MR) is 56.6 cm³/mol. The number of allylic oxidation sites excluding steroid dienone is 1. The van der Waals surface area contributed by atoms with Gasteiger partial charge >= 0.3 is 0 Å². The molecule has 1 aliphatic carbocycles. The molecule has 1 saturated carbocycles. The number of benzene rings is 1. The van der Waals surface area contributed by atoms with Crippen molar-refractivity contribution >= 4 is 0 Å². The molecular formula is C13H15F. The zero-order chi connectivity index (χ0) is 10.3. The normalized spacial score (nSPS) is 30.1. The molecule has 0 heterocycles. The third-order valence-electron chi connectivity index (χ3n) is 3.18. The molecule has 0 N–H and O–H groups in total. The highest BCUT2D eigenvalue weighted by Gasteiger charge is 2.47. The van der Waals surface area contributed by atoms with Gasteiger partial charge in [-0.25, -0.2) is 4.39 Å². The van der Waals surface area contributed by atoms with Gasteiger partial charge in [0.25, 0.3) is 0 Å². The van der Waals surface area contributed by atoms with Crippen molar-refractivity contribution in [3.63, 3.8) is 0 Å². The van der Waals surface area contributed by atoms with Crippen LogP contribution in [0.1, 0.15) is 25.3 Å². The van der Waals surface area contributed by atoms with Gasteiger partial charge in [-0.05, 0) is 42.4 Å². The molecule has 3 atom stereocenters. The number of halogens is 1. The first kappa shape index (κ1) is 9.45. The minimum absolute atomic E-state index is 0.137. The molecular weight excluding hydrogens is 175 g/mol. The first-order valence-corrected chi connectivity index (χ1v) is 5.02. The van der Waals surface area contributed by atoms with E-state index in [4.69, 9.17) is 0 Å². The molecule has 2 rings (SSSR count). The van der Waals surface area contributed by atoms with Gasteiger partial charge in [0.2, 0.25) is 0 Å². The van der Waals surface area contributed by atoms with E-state index < -0.39 is 0 Å². The fraction of sp³-hybridized carbons (Fsp3) is 0.385. The van der Waals surface area contributed by atoms with Crippen molar-refractivity contribution in [1.29, 1.82) is 0 Å². The van der Waals surface area contributed by atoms with E-state index in [1.807, 2.05) is 6.07 Å². The summed E-state index contributed by atoms with van der Waals surface area (Å²) in [5, 5.41) is 0. The van der Waals surface area contributed by atoms with Crippen LogP contribution in [0.4, 0.5) is 4.39 Å². The zero-order valence-corrected chi connectivity index (χ0v) is 8.63. The Kier molecular flexibility index (Phi) is 2.18. The summed E-state index contributed by atoms with van der Waals surface area (Å²) in [6.07, 6.45) is 0. The maximum absolute atomic E-state index is 13.0. The van der Waals surface area contributed by atoms with E-state index in [0.717, 1.165) is 5.56 Å². The van der Waals surface area contributed by atoms with Crippen molar-refractivity contribution < 1.29 is 4.39 Å². The second kappa shape index (κ2) is 3.23. The molecule has 0 radical (unpaired) electrons. The summed E-state index contributed by atoms with van der Waals surface area (Å²) >= 11 is 0. The Bertz CT molecular complexity index is 367. The largest absolute Gasteiger partial charge is 0.207 e. The van der Waals surface area contributed by atoms with E-state index in [2.05, 4.69) is 20.4 Å². The lowest BCUT2D eigenvalue weighted by Crippen LogP contribution is -1.85. The monoisotopic (exact) mass is 190 g/mol. The van der Waals surface area contributed by atoms with Crippen LogP contribution in [0.15, 0.2) is 36.4 Å². The van der Waals surface area contributed by atoms with Gasteiger partial charge in [0.1, 0.15) is 5.82 Å². The summed E-state index contributed by atoms with van der Waals surface area (Å²) in [6, 6.07) is 6.93. The minimum Gasteiger partial charge on any atom is -0.207 e. The topological polar surface area (TPSA) is 0 Å². The van der Waals surface area contributed by atoms with Crippen molar-refractivity contribution in [3.05, 3.63) is 47.8 Å². The highest BCUT2D eigenvalue weighted by atomic mass is 19.1. The lowest BCUT2D eigenvalue weighted by molar-refractivity contribution is 0.625. The van der Waals surface area contributed by atoms with Crippen LogP contribution in [-0.2, 0) is 0 Å². The number of hydrogen-bond acceptors (Lipinski definition) is 0. The Labute approximate surface area is 84.5 Å². The molecule has 14 heavy (non-hydrogen) atoms. The highest BCUT2D eigenvalue weighted by molar-refractivity contribution is 5.33. The smallest absolute Gasteiger partial charge is 0.123 e. The quantitative estimate of drug-likeness (QED) is 0.623. The lowest BCUT2D eigenvalue weighted by atomic mass is 10.1. The molecule has 1 aromatic carbocycles. The Morgan fingerprint density at radius 3 is 2.64 bits per heavy atom. The Morgan fingerprint density at radius 2 is 2.14 bits per heavy atom. The van der Waals surface area contributed by atoms with Crippen molar-refractivity contribution in [2.45, 2.75) is 19.8 Å². The minimum atomic E-state index is -0.137. The Morgan fingerprint density at radius 1 is 1.43 bits per heavy atom. The molecule has 0 amide bonds. The van der Waals surface area contributed by atoms with Crippen LogP contribution in [0.5, 0.6) is 0 Å². The molecule has 3 unspecified atom stereocenters. The first-order valence-electron chi connectivity index (χ1n) is 5.02. The fourth-order valence-electron chi connectivity index (χ4n) is 2.44. The van der Waals surface area contributed by atoms with E-state index in [0.29, 0.717) is 17.8 Å². The zero-order valence-electron chi connectivity index (χ0n) is 8.63. The first-order chi connectivity index (χ1) is 6.61. The molecule has 0 aromatic heterocycles. The second-order valence-electron chi connectivity index (χ2n) is 4.31. The average molecular weight is 190 g/mol. The molecule has 1 heteroatoms. The lowest BCUT2D eigenvalue weighted by Gasteiger charge is -1.99. The molecule has 1 fully saturated rings. The van der Waals surface area contributed by atoms with Gasteiger partial charge in [0.15, 0.2) is 0 Å². The van der Waals surface area contributed by atoms with Gasteiger partial charge in [-0.1, -0.05) is 31.2 Å². The standard InChI is InChI=1S/C13H15F/c1-8(2)12-9(3)13(12)10-5-4-6-11(14)7-10/h4-7,9,12-13H,1H2,2-3H3. The second-order valence-corrected chi connectivity index (χ2v) is 4.31. The Balaban J connectivity index is 2.22. The van der Waals surface area contributed by atoms with Gasteiger partial charge < -0.3 is 0 Å². The van der Waals surface area contributed by atoms with Gasteiger partial charge in [-0.3, -0.25) is 0 Å². The summed E-state index contributed by atoms with van der Waals surface area (Å²) < 4.78 is 13.0.